The van der Waals surface area contributed by atoms with Gasteiger partial charge in [0, 0.05) is 6.07 Å². The van der Waals surface area contributed by atoms with Crippen molar-refractivity contribution in [2.24, 2.45) is 0 Å². The maximum atomic E-state index is 11.9. The van der Waals surface area contributed by atoms with Crippen LogP contribution in [0.15, 0.2) is 40.9 Å². The molecule has 0 aliphatic rings. The van der Waals surface area contributed by atoms with Crippen LogP contribution in [0.3, 0.4) is 0 Å². The van der Waals surface area contributed by atoms with E-state index in [4.69, 9.17) is 14.0 Å². The van der Waals surface area contributed by atoms with Crippen molar-refractivity contribution >= 4 is 17.7 Å². The van der Waals surface area contributed by atoms with Gasteiger partial charge in [0.1, 0.15) is 5.76 Å². The molecule has 1 aromatic heterocycles. The number of amides is 1. The number of ketones is 1. The van der Waals surface area contributed by atoms with E-state index in [0.29, 0.717) is 12.2 Å². The van der Waals surface area contributed by atoms with Crippen LogP contribution < -0.4 is 10.1 Å². The first-order valence-corrected chi connectivity index (χ1v) is 7.99. The van der Waals surface area contributed by atoms with Gasteiger partial charge < -0.3 is 19.3 Å². The summed E-state index contributed by atoms with van der Waals surface area (Å²) in [5.41, 5.74) is 0.918. The Morgan fingerprint density at radius 3 is 2.54 bits per heavy atom. The molecule has 0 unspecified atom stereocenters. The van der Waals surface area contributed by atoms with Gasteiger partial charge in [-0.1, -0.05) is 30.3 Å². The summed E-state index contributed by atoms with van der Waals surface area (Å²) in [4.78, 5) is 35.2. The Morgan fingerprint density at radius 2 is 1.92 bits per heavy atom. The minimum atomic E-state index is -0.733. The van der Waals surface area contributed by atoms with Crippen LogP contribution in [-0.2, 0) is 25.5 Å². The average Bonchev–Trinajstić information content (AvgIpc) is 3.04. The standard InChI is InChI=1S/C18H20N2O6/c1-12-8-17(20-26-12)24-11-18(23)25-10-16(22)19-15(13(2)21)9-14-6-4-3-5-7-14/h3-8,15H,9-11H2,1-2H3,(H,19,22)/t15-/m0/s1. The molecule has 1 atom stereocenters. The normalized spacial score (nSPS) is 11.5. The molecule has 1 amide bonds. The van der Waals surface area contributed by atoms with Crippen LogP contribution in [0.5, 0.6) is 5.88 Å². The van der Waals surface area contributed by atoms with Crippen LogP contribution in [0, 0.1) is 6.92 Å². The number of ether oxygens (including phenoxy) is 2. The first kappa shape index (κ1) is 19.2. The lowest BCUT2D eigenvalue weighted by Crippen LogP contribution is -2.43. The smallest absolute Gasteiger partial charge is 0.344 e. The molecular weight excluding hydrogens is 340 g/mol. The van der Waals surface area contributed by atoms with E-state index in [2.05, 4.69) is 10.5 Å². The van der Waals surface area contributed by atoms with Gasteiger partial charge in [-0.05, 0) is 31.0 Å². The molecule has 1 heterocycles. The summed E-state index contributed by atoms with van der Waals surface area (Å²) in [6, 6.07) is 10.1. The molecule has 0 aliphatic carbocycles. The molecule has 0 aliphatic heterocycles. The van der Waals surface area contributed by atoms with E-state index in [0.717, 1.165) is 5.56 Å². The monoisotopic (exact) mass is 360 g/mol. The molecule has 8 nitrogen and oxygen atoms in total. The van der Waals surface area contributed by atoms with Crippen molar-refractivity contribution < 1.29 is 28.4 Å². The summed E-state index contributed by atoms with van der Waals surface area (Å²) in [6.45, 7) is 2.18. The number of carbonyl (C=O) groups excluding carboxylic acids is 3. The minimum Gasteiger partial charge on any atom is -0.463 e. The summed E-state index contributed by atoms with van der Waals surface area (Å²) < 4.78 is 14.7. The molecule has 26 heavy (non-hydrogen) atoms. The third-order valence-electron chi connectivity index (χ3n) is 3.42. The highest BCUT2D eigenvalue weighted by atomic mass is 16.6. The highest BCUT2D eigenvalue weighted by molar-refractivity contribution is 5.88. The number of Topliss-reactive ketones (excluding diaryl/α,β-unsaturated/α-hetero) is 1. The van der Waals surface area contributed by atoms with Gasteiger partial charge in [0.05, 0.1) is 6.04 Å². The van der Waals surface area contributed by atoms with Crippen LogP contribution in [0.4, 0.5) is 0 Å². The number of hydrogen-bond acceptors (Lipinski definition) is 7. The summed E-state index contributed by atoms with van der Waals surface area (Å²) >= 11 is 0. The lowest BCUT2D eigenvalue weighted by molar-refractivity contribution is -0.150. The van der Waals surface area contributed by atoms with Gasteiger partial charge in [0.15, 0.2) is 19.0 Å². The van der Waals surface area contributed by atoms with Crippen molar-refractivity contribution in [3.8, 4) is 5.88 Å². The molecular formula is C18H20N2O6. The Morgan fingerprint density at radius 1 is 1.19 bits per heavy atom. The molecule has 0 bridgehead atoms. The zero-order valence-corrected chi connectivity index (χ0v) is 14.6. The van der Waals surface area contributed by atoms with Gasteiger partial charge in [-0.2, -0.15) is 0 Å². The van der Waals surface area contributed by atoms with E-state index in [1.165, 1.54) is 13.0 Å². The maximum Gasteiger partial charge on any atom is 0.344 e. The van der Waals surface area contributed by atoms with Crippen molar-refractivity contribution in [1.29, 1.82) is 0 Å². The minimum absolute atomic E-state index is 0.156. The third kappa shape index (κ3) is 6.39. The van der Waals surface area contributed by atoms with Crippen LogP contribution in [-0.4, -0.2) is 42.1 Å². The zero-order chi connectivity index (χ0) is 18.9. The Bertz CT molecular complexity index is 756. The fourth-order valence-corrected chi connectivity index (χ4v) is 2.11. The number of nitrogens with zero attached hydrogens (tertiary/aromatic N) is 1. The lowest BCUT2D eigenvalue weighted by atomic mass is 10.0. The van der Waals surface area contributed by atoms with Gasteiger partial charge in [-0.3, -0.25) is 9.59 Å². The number of benzene rings is 1. The van der Waals surface area contributed by atoms with Gasteiger partial charge in [0.2, 0.25) is 0 Å². The molecule has 0 saturated heterocycles. The van der Waals surface area contributed by atoms with Gasteiger partial charge >= 0.3 is 5.97 Å². The molecule has 0 spiro atoms. The van der Waals surface area contributed by atoms with Crippen LogP contribution in [0.2, 0.25) is 0 Å². The van der Waals surface area contributed by atoms with Crippen molar-refractivity contribution in [3.05, 3.63) is 47.7 Å². The van der Waals surface area contributed by atoms with E-state index in [1.54, 1.807) is 6.92 Å². The van der Waals surface area contributed by atoms with Crippen molar-refractivity contribution in [3.63, 3.8) is 0 Å². The molecule has 0 saturated carbocycles. The second kappa shape index (κ2) is 9.36. The Labute approximate surface area is 150 Å². The predicted molar refractivity (Wildman–Crippen MR) is 90.5 cm³/mol. The predicted octanol–water partition coefficient (Wildman–Crippen LogP) is 1.22. The molecule has 2 aromatic rings. The number of rotatable bonds is 9. The number of aryl methyl sites for hydroxylation is 1. The summed E-state index contributed by atoms with van der Waals surface area (Å²) in [7, 11) is 0. The largest absolute Gasteiger partial charge is 0.463 e. The van der Waals surface area contributed by atoms with Gasteiger partial charge in [0.25, 0.3) is 11.8 Å². The molecule has 0 fully saturated rings. The molecule has 1 aromatic carbocycles. The fraction of sp³-hybridized carbons (Fsp3) is 0.333. The first-order valence-electron chi connectivity index (χ1n) is 7.99. The number of carbonyl (C=O) groups is 3. The SMILES string of the molecule is CC(=O)[C@H](Cc1ccccc1)NC(=O)COC(=O)COc1cc(C)on1. The van der Waals surface area contributed by atoms with Crippen LogP contribution >= 0.6 is 0 Å². The van der Waals surface area contributed by atoms with E-state index >= 15 is 0 Å². The highest BCUT2D eigenvalue weighted by Gasteiger charge is 2.18. The lowest BCUT2D eigenvalue weighted by Gasteiger charge is -2.16. The van der Waals surface area contributed by atoms with Crippen molar-refractivity contribution in [2.75, 3.05) is 13.2 Å². The number of aromatic nitrogens is 1. The van der Waals surface area contributed by atoms with E-state index in [9.17, 15) is 14.4 Å². The van der Waals surface area contributed by atoms with E-state index in [-0.39, 0.29) is 11.7 Å². The molecule has 0 radical (unpaired) electrons. The number of nitrogens with one attached hydrogen (secondary N) is 1. The van der Waals surface area contributed by atoms with Gasteiger partial charge in [-0.25, -0.2) is 4.79 Å². The Kier molecular flexibility index (Phi) is 6.90. The molecule has 138 valence electrons. The Hall–Kier alpha value is -3.16. The topological polar surface area (TPSA) is 108 Å². The third-order valence-corrected chi connectivity index (χ3v) is 3.42. The molecule has 8 heteroatoms. The first-order chi connectivity index (χ1) is 12.4. The van der Waals surface area contributed by atoms with Crippen LogP contribution in [0.1, 0.15) is 18.2 Å². The zero-order valence-electron chi connectivity index (χ0n) is 14.6. The molecule has 1 N–H and O–H groups in total. The summed E-state index contributed by atoms with van der Waals surface area (Å²) in [5.74, 6) is -0.780. The van der Waals surface area contributed by atoms with E-state index in [1.807, 2.05) is 30.3 Å². The van der Waals surface area contributed by atoms with Crippen molar-refractivity contribution in [2.45, 2.75) is 26.3 Å². The molecule has 2 rings (SSSR count). The van der Waals surface area contributed by atoms with Crippen molar-refractivity contribution in [1.82, 2.24) is 10.5 Å². The second-order valence-electron chi connectivity index (χ2n) is 5.65. The average molecular weight is 360 g/mol. The van der Waals surface area contributed by atoms with E-state index < -0.39 is 31.1 Å². The second-order valence-corrected chi connectivity index (χ2v) is 5.65. The highest BCUT2D eigenvalue weighted by Crippen LogP contribution is 2.09. The maximum absolute atomic E-state index is 11.9. The quantitative estimate of drug-likeness (QED) is 0.670. The summed E-state index contributed by atoms with van der Waals surface area (Å²) in [5, 5.41) is 6.12. The van der Waals surface area contributed by atoms with Crippen LogP contribution in [0.25, 0.3) is 0 Å². The summed E-state index contributed by atoms with van der Waals surface area (Å²) in [6.07, 6.45) is 0.366. The number of esters is 1. The fourth-order valence-electron chi connectivity index (χ4n) is 2.11. The van der Waals surface area contributed by atoms with Gasteiger partial charge in [-0.15, -0.1) is 0 Å². The number of hydrogen-bond donors (Lipinski definition) is 1. The Balaban J connectivity index is 1.75.